The first-order valence-corrected chi connectivity index (χ1v) is 8.72. The van der Waals surface area contributed by atoms with Crippen LogP contribution in [-0.2, 0) is 14.4 Å². The van der Waals surface area contributed by atoms with Gasteiger partial charge in [0.15, 0.2) is 0 Å². The molecule has 0 aromatic carbocycles. The van der Waals surface area contributed by atoms with E-state index >= 15 is 0 Å². The van der Waals surface area contributed by atoms with Gasteiger partial charge in [0.25, 0.3) is 0 Å². The van der Waals surface area contributed by atoms with Gasteiger partial charge in [-0.3, -0.25) is 4.79 Å². The van der Waals surface area contributed by atoms with Gasteiger partial charge in [0.05, 0.1) is 6.61 Å². The number of aliphatic hydroxyl groups excluding tert-OH is 1. The van der Waals surface area contributed by atoms with Gasteiger partial charge in [-0.25, -0.2) is 0 Å². The van der Waals surface area contributed by atoms with Crippen LogP contribution in [-0.4, -0.2) is 29.1 Å². The molecule has 25 heavy (non-hydrogen) atoms. The average Bonchev–Trinajstić information content (AvgIpc) is 2.36. The molecule has 0 fully saturated rings. The molecule has 0 rings (SSSR count). The van der Waals surface area contributed by atoms with Gasteiger partial charge in [-0.15, -0.1) is 5.92 Å². The normalized spacial score (nSPS) is 12.2. The fraction of sp³-hybridized carbons (Fsp3) is 0.800. The first-order valence-electron chi connectivity index (χ1n) is 8.72. The quantitative estimate of drug-likeness (QED) is 0.459. The van der Waals surface area contributed by atoms with Crippen LogP contribution in [0, 0.1) is 67.6 Å². The Bertz CT molecular complexity index is 363. The summed E-state index contributed by atoms with van der Waals surface area (Å²) in [6, 6.07) is 0. The first-order chi connectivity index (χ1) is 10.8. The van der Waals surface area contributed by atoms with E-state index in [-0.39, 0.29) is 72.8 Å². The molecule has 2 atom stereocenters. The summed E-state index contributed by atoms with van der Waals surface area (Å²) in [7, 11) is 0. The van der Waals surface area contributed by atoms with E-state index in [2.05, 4.69) is 6.92 Å². The van der Waals surface area contributed by atoms with Crippen molar-refractivity contribution in [2.75, 3.05) is 6.61 Å². The van der Waals surface area contributed by atoms with E-state index in [9.17, 15) is 14.4 Å². The van der Waals surface area contributed by atoms with Crippen LogP contribution in [0.3, 0.4) is 0 Å². The summed E-state index contributed by atoms with van der Waals surface area (Å²) >= 11 is 0. The predicted octanol–water partition coefficient (Wildman–Crippen LogP) is 4.14. The molecule has 0 radical (unpaired) electrons. The van der Waals surface area contributed by atoms with Crippen LogP contribution in [0.25, 0.3) is 0 Å². The Morgan fingerprint density at radius 1 is 0.840 bits per heavy atom. The topological polar surface area (TPSA) is 71.4 Å². The fourth-order valence-corrected chi connectivity index (χ4v) is 1.85. The number of carbonyl (C=O) groups excluding carboxylic acids is 3. The molecule has 148 valence electrons. The molecular formula is C20H39O4U-. The van der Waals surface area contributed by atoms with Crippen molar-refractivity contribution in [1.82, 2.24) is 0 Å². The Morgan fingerprint density at radius 3 is 1.24 bits per heavy atom. The molecule has 0 spiro atoms. The maximum absolute atomic E-state index is 10.7. The van der Waals surface area contributed by atoms with Crippen molar-refractivity contribution in [1.29, 1.82) is 0 Å². The molecule has 0 aromatic rings. The Labute approximate surface area is 179 Å². The SMILES string of the molecule is CC(=O)C(CO)C(C)C.CC(=O)CC(C)C.[CH2-]C(C(C)=O)C(C)C.[U]. The maximum Gasteiger partial charge on any atom is 0.135 e. The van der Waals surface area contributed by atoms with Gasteiger partial charge in [0.2, 0.25) is 0 Å². The van der Waals surface area contributed by atoms with E-state index in [0.717, 1.165) is 6.42 Å². The van der Waals surface area contributed by atoms with Crippen molar-refractivity contribution in [3.63, 3.8) is 0 Å². The van der Waals surface area contributed by atoms with Crippen LogP contribution in [0.4, 0.5) is 0 Å². The number of hydrogen-bond acceptors (Lipinski definition) is 4. The monoisotopic (exact) mass is 581 g/mol. The third kappa shape index (κ3) is 24.0. The average molecular weight is 582 g/mol. The Morgan fingerprint density at radius 2 is 1.24 bits per heavy atom. The Hall–Kier alpha value is 0.0219. The minimum Gasteiger partial charge on any atom is -0.396 e. The van der Waals surface area contributed by atoms with Gasteiger partial charge in [-0.2, -0.15) is 0 Å². The van der Waals surface area contributed by atoms with E-state index in [0.29, 0.717) is 11.8 Å². The van der Waals surface area contributed by atoms with Crippen LogP contribution < -0.4 is 0 Å². The van der Waals surface area contributed by atoms with Gasteiger partial charge in [-0.05, 0) is 32.6 Å². The van der Waals surface area contributed by atoms with Crippen LogP contribution >= 0.6 is 0 Å². The number of ketones is 3. The largest absolute Gasteiger partial charge is 0.396 e. The summed E-state index contributed by atoms with van der Waals surface area (Å²) in [6.07, 6.45) is 0.722. The zero-order valence-corrected chi connectivity index (χ0v) is 21.8. The van der Waals surface area contributed by atoms with Crippen LogP contribution in [0.2, 0.25) is 0 Å². The van der Waals surface area contributed by atoms with E-state index in [1.807, 2.05) is 41.5 Å². The molecule has 2 unspecified atom stereocenters. The van der Waals surface area contributed by atoms with Crippen molar-refractivity contribution in [2.45, 2.75) is 68.7 Å². The summed E-state index contributed by atoms with van der Waals surface area (Å²) in [5.41, 5.74) is 0. The molecule has 0 aliphatic carbocycles. The minimum atomic E-state index is -0.162. The number of aliphatic hydroxyl groups is 1. The predicted molar refractivity (Wildman–Crippen MR) is 101 cm³/mol. The summed E-state index contributed by atoms with van der Waals surface area (Å²) < 4.78 is 0. The molecule has 5 heteroatoms. The van der Waals surface area contributed by atoms with Gasteiger partial charge < -0.3 is 21.6 Å². The molecule has 0 aliphatic rings. The fourth-order valence-electron chi connectivity index (χ4n) is 1.85. The molecule has 0 saturated heterocycles. The molecule has 0 amide bonds. The zero-order chi connectivity index (χ0) is 20.0. The van der Waals surface area contributed by atoms with Crippen LogP contribution in [0.15, 0.2) is 0 Å². The van der Waals surface area contributed by atoms with E-state index in [4.69, 9.17) is 5.11 Å². The summed E-state index contributed by atoms with van der Waals surface area (Å²) in [4.78, 5) is 31.4. The van der Waals surface area contributed by atoms with Crippen molar-refractivity contribution in [3.05, 3.63) is 6.92 Å². The Kier molecular flexibility index (Phi) is 24.6. The van der Waals surface area contributed by atoms with Crippen LogP contribution in [0.5, 0.6) is 0 Å². The molecule has 0 saturated carbocycles. The van der Waals surface area contributed by atoms with Crippen molar-refractivity contribution >= 4 is 17.3 Å². The molecule has 0 aliphatic heterocycles. The minimum absolute atomic E-state index is 0. The summed E-state index contributed by atoms with van der Waals surface area (Å²) in [5.74, 6) is 1.53. The smallest absolute Gasteiger partial charge is 0.135 e. The number of rotatable bonds is 7. The van der Waals surface area contributed by atoms with Gasteiger partial charge in [0, 0.05) is 43.5 Å². The molecule has 0 aromatic heterocycles. The molecule has 1 N–H and O–H groups in total. The molecule has 0 bridgehead atoms. The van der Waals surface area contributed by atoms with Crippen molar-refractivity contribution in [3.8, 4) is 0 Å². The molecule has 4 nitrogen and oxygen atoms in total. The van der Waals surface area contributed by atoms with Gasteiger partial charge >= 0.3 is 0 Å². The second kappa shape index (κ2) is 18.8. The van der Waals surface area contributed by atoms with Crippen LogP contribution in [0.1, 0.15) is 68.7 Å². The second-order valence-corrected chi connectivity index (χ2v) is 7.40. The van der Waals surface area contributed by atoms with E-state index in [1.165, 1.54) is 6.92 Å². The van der Waals surface area contributed by atoms with E-state index in [1.54, 1.807) is 13.8 Å². The zero-order valence-electron chi connectivity index (χ0n) is 17.7. The summed E-state index contributed by atoms with van der Waals surface area (Å²) in [5, 5.41) is 8.65. The number of hydrogen-bond donors (Lipinski definition) is 1. The number of carbonyl (C=O) groups is 3. The Balaban J connectivity index is -0.000000131. The van der Waals surface area contributed by atoms with Gasteiger partial charge in [0.1, 0.15) is 17.3 Å². The first kappa shape index (κ1) is 32.7. The molecular weight excluding hydrogens is 542 g/mol. The maximum atomic E-state index is 10.7. The molecule has 0 heterocycles. The van der Waals surface area contributed by atoms with Crippen molar-refractivity contribution < 1.29 is 50.6 Å². The third-order valence-electron chi connectivity index (χ3n) is 3.55. The van der Waals surface area contributed by atoms with Crippen molar-refractivity contribution in [2.24, 2.45) is 29.6 Å². The second-order valence-electron chi connectivity index (χ2n) is 7.40. The standard InChI is InChI=1S/C7H14O2.C7H13O.C6H12O.U/c1-5(2)7(4-8)6(3)9;1-5(2)6(3)7(4)8;1-5(2)4-6(3)7;/h5,7-8H,4H2,1-3H3;5-6H,3H2,1-2,4H3;5H,4H2,1-3H3;/q;-1;;. The third-order valence-corrected chi connectivity index (χ3v) is 3.55. The number of Topliss-reactive ketones (excluding diaryl/α,β-unsaturated/α-hetero) is 3. The van der Waals surface area contributed by atoms with E-state index < -0.39 is 0 Å². The summed E-state index contributed by atoms with van der Waals surface area (Å²) in [6.45, 7) is 20.3. The van der Waals surface area contributed by atoms with Gasteiger partial charge in [-0.1, -0.05) is 47.5 Å².